The predicted octanol–water partition coefficient (Wildman–Crippen LogP) is 5.89. The molecule has 0 spiro atoms. The molecule has 19 nitrogen and oxygen atoms in total. The van der Waals surface area contributed by atoms with Gasteiger partial charge in [0.2, 0.25) is 11.8 Å². The van der Waals surface area contributed by atoms with E-state index in [0.717, 1.165) is 11.1 Å². The van der Waals surface area contributed by atoms with E-state index in [0.29, 0.717) is 16.7 Å². The third-order valence-electron chi connectivity index (χ3n) is 12.3. The van der Waals surface area contributed by atoms with Crippen LogP contribution in [0, 0.1) is 18.8 Å². The quantitative estimate of drug-likeness (QED) is 0.0260. The summed E-state index contributed by atoms with van der Waals surface area (Å²) in [6.45, 7) is 8.17. The Morgan fingerprint density at radius 3 is 1.46 bits per heavy atom. The maximum atomic E-state index is 14.6. The standard InChI is InChI=1S/C57H66N6O13/c1-36(2)49(60-56(70)73-33-41-22-14-8-15-23-41)53(67)58-44(30-39-18-10-6-11-19-39)51(76-48(65)29-28-47(64)72-35-43-26-27-46(75-43)63-32-38(5)52(66)62-55(63)69)45(31-40-20-12-7-13-21-40)59-54(68)50(37(3)4)61-57(71)74-34-42-24-16-9-17-25-42/h6-27,32,36-37,43-46,49-51H,28-31,33-35H2,1-5H3,(H,58,67)(H,59,68)(H,60,70)(H,61,71)(H,62,66,69). The van der Waals surface area contributed by atoms with Gasteiger partial charge in [0.1, 0.15) is 44.1 Å². The zero-order valence-corrected chi connectivity index (χ0v) is 43.2. The van der Waals surface area contributed by atoms with Gasteiger partial charge in [-0.3, -0.25) is 33.5 Å². The number of H-pyrrole nitrogens is 1. The van der Waals surface area contributed by atoms with E-state index < -0.39 is 114 Å². The van der Waals surface area contributed by atoms with E-state index in [-0.39, 0.29) is 32.7 Å². The molecule has 19 heteroatoms. The molecule has 4 amide bonds. The Morgan fingerprint density at radius 2 is 1.01 bits per heavy atom. The largest absolute Gasteiger partial charge is 0.463 e. The Morgan fingerprint density at radius 1 is 0.579 bits per heavy atom. The molecule has 0 fully saturated rings. The molecule has 402 valence electrons. The summed E-state index contributed by atoms with van der Waals surface area (Å²) in [5.41, 5.74) is 2.00. The SMILES string of the molecule is Cc1cn(C2C=CC(COC(=O)CCC(=O)OC(C(Cc3ccccc3)NC(=O)C(NC(=O)OCc3ccccc3)C(C)C)C(Cc3ccccc3)NC(=O)C(NC(=O)OCc3ccccc3)C(C)C)O2)c(=O)[nH]c1=O. The van der Waals surface area contributed by atoms with Crippen LogP contribution < -0.4 is 32.5 Å². The van der Waals surface area contributed by atoms with Gasteiger partial charge in [-0.2, -0.15) is 0 Å². The fourth-order valence-electron chi connectivity index (χ4n) is 8.26. The number of benzene rings is 4. The summed E-state index contributed by atoms with van der Waals surface area (Å²) < 4.78 is 29.9. The van der Waals surface area contributed by atoms with Gasteiger partial charge in [-0.25, -0.2) is 14.4 Å². The van der Waals surface area contributed by atoms with Gasteiger partial charge < -0.3 is 45.0 Å². The molecule has 6 unspecified atom stereocenters. The van der Waals surface area contributed by atoms with E-state index in [1.165, 1.54) is 10.8 Å². The third-order valence-corrected chi connectivity index (χ3v) is 12.3. The molecule has 5 aromatic rings. The zero-order chi connectivity index (χ0) is 54.6. The van der Waals surface area contributed by atoms with Crippen LogP contribution in [-0.2, 0) is 68.9 Å². The number of hydrogen-bond donors (Lipinski definition) is 5. The third kappa shape index (κ3) is 17.7. The van der Waals surface area contributed by atoms with Crippen LogP contribution in [0.5, 0.6) is 0 Å². The van der Waals surface area contributed by atoms with Crippen LogP contribution in [0.15, 0.2) is 149 Å². The Hall–Kier alpha value is -8.32. The van der Waals surface area contributed by atoms with Gasteiger partial charge in [0.25, 0.3) is 5.56 Å². The zero-order valence-electron chi connectivity index (χ0n) is 43.2. The summed E-state index contributed by atoms with van der Waals surface area (Å²) in [6, 6.07) is 31.7. The molecule has 76 heavy (non-hydrogen) atoms. The topological polar surface area (TPSA) is 252 Å². The summed E-state index contributed by atoms with van der Waals surface area (Å²) in [5.74, 6) is -3.88. The number of ether oxygens (including phenoxy) is 5. The highest BCUT2D eigenvalue weighted by atomic mass is 16.6. The van der Waals surface area contributed by atoms with Crippen molar-refractivity contribution in [1.29, 1.82) is 0 Å². The number of aryl methyl sites for hydroxylation is 1. The van der Waals surface area contributed by atoms with Crippen molar-refractivity contribution in [3.8, 4) is 0 Å². The van der Waals surface area contributed by atoms with Gasteiger partial charge in [0.05, 0.1) is 24.9 Å². The van der Waals surface area contributed by atoms with Crippen molar-refractivity contribution >= 4 is 35.9 Å². The number of alkyl carbamates (subject to hydrolysis) is 2. The minimum atomic E-state index is -1.37. The first-order valence-corrected chi connectivity index (χ1v) is 25.2. The first-order chi connectivity index (χ1) is 36.5. The number of amides is 4. The van der Waals surface area contributed by atoms with Crippen LogP contribution >= 0.6 is 0 Å². The minimum Gasteiger partial charge on any atom is -0.463 e. The van der Waals surface area contributed by atoms with E-state index in [1.54, 1.807) is 95.3 Å². The normalized spacial score (nSPS) is 15.8. The van der Waals surface area contributed by atoms with E-state index in [9.17, 15) is 38.4 Å². The molecule has 5 N–H and O–H groups in total. The van der Waals surface area contributed by atoms with E-state index >= 15 is 0 Å². The van der Waals surface area contributed by atoms with E-state index in [4.69, 9.17) is 23.7 Å². The monoisotopic (exact) mass is 1040 g/mol. The van der Waals surface area contributed by atoms with Crippen LogP contribution in [0.3, 0.4) is 0 Å². The maximum absolute atomic E-state index is 14.6. The smallest absolute Gasteiger partial charge is 0.408 e. The Labute approximate surface area is 440 Å². The Bertz CT molecular complexity index is 2730. The fourth-order valence-corrected chi connectivity index (χ4v) is 8.26. The second-order valence-electron chi connectivity index (χ2n) is 19.0. The minimum absolute atomic E-state index is 0.0501. The Balaban J connectivity index is 1.26. The lowest BCUT2D eigenvalue weighted by Crippen LogP contribution is -2.62. The molecule has 2 heterocycles. The average molecular weight is 1040 g/mol. The Kier molecular flexibility index (Phi) is 21.3. The lowest BCUT2D eigenvalue weighted by atomic mass is 9.90. The highest BCUT2D eigenvalue weighted by Gasteiger charge is 2.39. The number of carbonyl (C=O) groups excluding carboxylic acids is 6. The van der Waals surface area contributed by atoms with Gasteiger partial charge in [0, 0.05) is 11.8 Å². The molecule has 0 saturated carbocycles. The molecule has 0 saturated heterocycles. The molecule has 0 aliphatic carbocycles. The molecule has 6 atom stereocenters. The lowest BCUT2D eigenvalue weighted by Gasteiger charge is -2.36. The van der Waals surface area contributed by atoms with Gasteiger partial charge in [-0.15, -0.1) is 0 Å². The highest BCUT2D eigenvalue weighted by molar-refractivity contribution is 5.87. The summed E-state index contributed by atoms with van der Waals surface area (Å²) >= 11 is 0. The van der Waals surface area contributed by atoms with Crippen molar-refractivity contribution in [2.75, 3.05) is 6.61 Å². The van der Waals surface area contributed by atoms with E-state index in [2.05, 4.69) is 26.3 Å². The van der Waals surface area contributed by atoms with Crippen LogP contribution in [0.25, 0.3) is 0 Å². The molecule has 1 aromatic heterocycles. The molecule has 6 rings (SSSR count). The summed E-state index contributed by atoms with van der Waals surface area (Å²) in [6.07, 6.45) is -0.956. The molecule has 0 radical (unpaired) electrons. The number of aromatic amines is 1. The van der Waals surface area contributed by atoms with Crippen molar-refractivity contribution in [3.05, 3.63) is 188 Å². The second kappa shape index (κ2) is 28.4. The fraction of sp³-hybridized carbons (Fsp3) is 0.368. The van der Waals surface area contributed by atoms with E-state index in [1.807, 2.05) is 72.8 Å². The van der Waals surface area contributed by atoms with Gasteiger partial charge in [-0.05, 0) is 59.9 Å². The molecule has 1 aliphatic heterocycles. The van der Waals surface area contributed by atoms with Crippen LogP contribution in [0.1, 0.15) is 74.6 Å². The number of rotatable bonds is 25. The predicted molar refractivity (Wildman–Crippen MR) is 280 cm³/mol. The molecule has 4 aromatic carbocycles. The van der Waals surface area contributed by atoms with Crippen LogP contribution in [0.4, 0.5) is 9.59 Å². The summed E-state index contributed by atoms with van der Waals surface area (Å²) in [7, 11) is 0. The van der Waals surface area contributed by atoms with Gasteiger partial charge in [-0.1, -0.05) is 155 Å². The van der Waals surface area contributed by atoms with Crippen molar-refractivity contribution in [2.45, 2.75) is 116 Å². The molecule has 1 aliphatic rings. The molecule has 0 bridgehead atoms. The van der Waals surface area contributed by atoms with Gasteiger partial charge in [0.15, 0.2) is 6.23 Å². The van der Waals surface area contributed by atoms with Crippen molar-refractivity contribution in [3.63, 3.8) is 0 Å². The van der Waals surface area contributed by atoms with Crippen LogP contribution in [0.2, 0.25) is 0 Å². The average Bonchev–Trinajstić information content (AvgIpc) is 3.89. The highest BCUT2D eigenvalue weighted by Crippen LogP contribution is 2.22. The van der Waals surface area contributed by atoms with Crippen molar-refractivity contribution < 1.29 is 52.5 Å². The summed E-state index contributed by atoms with van der Waals surface area (Å²) in [5, 5.41) is 11.5. The van der Waals surface area contributed by atoms with Crippen LogP contribution in [-0.4, -0.2) is 88.5 Å². The summed E-state index contributed by atoms with van der Waals surface area (Å²) in [4.78, 5) is 110. The number of hydrogen-bond acceptors (Lipinski definition) is 13. The maximum Gasteiger partial charge on any atom is 0.408 e. The van der Waals surface area contributed by atoms with Gasteiger partial charge >= 0.3 is 29.8 Å². The first-order valence-electron chi connectivity index (χ1n) is 25.2. The molecular weight excluding hydrogens is 977 g/mol. The first kappa shape index (κ1) is 57.0. The van der Waals surface area contributed by atoms with Crippen molar-refractivity contribution in [2.24, 2.45) is 11.8 Å². The molecular formula is C57H66N6O13. The second-order valence-corrected chi connectivity index (χ2v) is 19.0. The number of aromatic nitrogens is 2. The van der Waals surface area contributed by atoms with Crippen molar-refractivity contribution in [1.82, 2.24) is 30.8 Å². The lowest BCUT2D eigenvalue weighted by molar-refractivity contribution is -0.158. The number of esters is 2. The number of nitrogens with zero attached hydrogens (tertiary/aromatic N) is 1. The number of carbonyl (C=O) groups is 6. The number of nitrogens with one attached hydrogen (secondary N) is 5.